The van der Waals surface area contributed by atoms with Crippen molar-refractivity contribution in [3.8, 4) is 0 Å². The van der Waals surface area contributed by atoms with Gasteiger partial charge in [0.2, 0.25) is 0 Å². The molecule has 2 rings (SSSR count). The molecule has 0 aromatic heterocycles. The van der Waals surface area contributed by atoms with E-state index in [1.807, 2.05) is 0 Å². The van der Waals surface area contributed by atoms with Crippen molar-refractivity contribution in [3.63, 3.8) is 0 Å². The largest absolute Gasteiger partial charge is 0.303 e. The van der Waals surface area contributed by atoms with E-state index >= 15 is 0 Å². The number of piperazine rings is 1. The second kappa shape index (κ2) is 3.00. The standard InChI is InChI=1S/C10H20N2/c1-11-7-8-12(2)10(9-11)5-3-4-6-10/h3-9H2,1-2H3. The van der Waals surface area contributed by atoms with Gasteiger partial charge in [0.25, 0.3) is 0 Å². The SMILES string of the molecule is CN1CCN(C)C2(CCCC2)C1. The van der Waals surface area contributed by atoms with E-state index in [2.05, 4.69) is 23.9 Å². The molecular weight excluding hydrogens is 148 g/mol. The Morgan fingerprint density at radius 2 is 1.67 bits per heavy atom. The molecule has 0 aromatic carbocycles. The first-order chi connectivity index (χ1) is 5.73. The van der Waals surface area contributed by atoms with Gasteiger partial charge < -0.3 is 4.90 Å². The zero-order chi connectivity index (χ0) is 8.60. The molecule has 1 spiro atoms. The molecule has 1 aliphatic carbocycles. The Hall–Kier alpha value is -0.0800. The molecule has 2 aliphatic rings. The van der Waals surface area contributed by atoms with Crippen molar-refractivity contribution in [2.45, 2.75) is 31.2 Å². The quantitative estimate of drug-likeness (QED) is 0.536. The minimum atomic E-state index is 0.562. The lowest BCUT2D eigenvalue weighted by Gasteiger charge is -2.46. The number of likely N-dealkylation sites (N-methyl/N-ethyl adjacent to an activating group) is 2. The summed E-state index contributed by atoms with van der Waals surface area (Å²) in [5.74, 6) is 0. The maximum Gasteiger partial charge on any atom is 0.0333 e. The number of nitrogens with zero attached hydrogens (tertiary/aromatic N) is 2. The van der Waals surface area contributed by atoms with Crippen LogP contribution in [0, 0.1) is 0 Å². The molecule has 12 heavy (non-hydrogen) atoms. The molecule has 0 aromatic rings. The lowest BCUT2D eigenvalue weighted by Crippen LogP contribution is -2.58. The van der Waals surface area contributed by atoms with E-state index in [-0.39, 0.29) is 0 Å². The van der Waals surface area contributed by atoms with Crippen LogP contribution < -0.4 is 0 Å². The normalized spacial score (nSPS) is 31.5. The Morgan fingerprint density at radius 3 is 2.33 bits per heavy atom. The van der Waals surface area contributed by atoms with Crippen LogP contribution in [-0.2, 0) is 0 Å². The molecule has 0 amide bonds. The van der Waals surface area contributed by atoms with Crippen LogP contribution in [0.2, 0.25) is 0 Å². The third kappa shape index (κ3) is 1.27. The van der Waals surface area contributed by atoms with Crippen molar-refractivity contribution >= 4 is 0 Å². The molecule has 2 nitrogen and oxygen atoms in total. The molecule has 0 N–H and O–H groups in total. The smallest absolute Gasteiger partial charge is 0.0333 e. The first kappa shape index (κ1) is 8.52. The lowest BCUT2D eigenvalue weighted by atomic mass is 9.93. The second-order valence-electron chi connectivity index (χ2n) is 4.59. The number of rotatable bonds is 0. The summed E-state index contributed by atoms with van der Waals surface area (Å²) in [6.07, 6.45) is 5.73. The van der Waals surface area contributed by atoms with E-state index in [0.717, 1.165) is 0 Å². The zero-order valence-corrected chi connectivity index (χ0v) is 8.34. The van der Waals surface area contributed by atoms with Crippen LogP contribution in [0.15, 0.2) is 0 Å². The molecule has 2 fully saturated rings. The minimum Gasteiger partial charge on any atom is -0.303 e. The second-order valence-corrected chi connectivity index (χ2v) is 4.59. The maximum atomic E-state index is 2.60. The Kier molecular flexibility index (Phi) is 2.13. The van der Waals surface area contributed by atoms with Gasteiger partial charge in [0, 0.05) is 25.2 Å². The molecular formula is C10H20N2. The Labute approximate surface area is 75.5 Å². The summed E-state index contributed by atoms with van der Waals surface area (Å²) < 4.78 is 0. The van der Waals surface area contributed by atoms with Crippen LogP contribution in [0.5, 0.6) is 0 Å². The monoisotopic (exact) mass is 168 g/mol. The van der Waals surface area contributed by atoms with Gasteiger partial charge in [0.05, 0.1) is 0 Å². The first-order valence-electron chi connectivity index (χ1n) is 5.13. The summed E-state index contributed by atoms with van der Waals surface area (Å²) in [5.41, 5.74) is 0.562. The fourth-order valence-electron chi connectivity index (χ4n) is 2.83. The van der Waals surface area contributed by atoms with Gasteiger partial charge in [-0.2, -0.15) is 0 Å². The van der Waals surface area contributed by atoms with E-state index < -0.39 is 0 Å². The molecule has 1 heterocycles. The highest BCUT2D eigenvalue weighted by atomic mass is 15.3. The highest BCUT2D eigenvalue weighted by molar-refractivity contribution is 4.98. The average molecular weight is 168 g/mol. The molecule has 1 saturated carbocycles. The van der Waals surface area contributed by atoms with E-state index in [1.54, 1.807) is 0 Å². The van der Waals surface area contributed by atoms with Gasteiger partial charge >= 0.3 is 0 Å². The van der Waals surface area contributed by atoms with Crippen molar-refractivity contribution in [1.29, 1.82) is 0 Å². The van der Waals surface area contributed by atoms with Crippen molar-refractivity contribution in [2.75, 3.05) is 33.7 Å². The number of hydrogen-bond donors (Lipinski definition) is 0. The lowest BCUT2D eigenvalue weighted by molar-refractivity contribution is 0.0319. The highest BCUT2D eigenvalue weighted by Crippen LogP contribution is 2.36. The summed E-state index contributed by atoms with van der Waals surface area (Å²) in [4.78, 5) is 5.09. The topological polar surface area (TPSA) is 6.48 Å². The fourth-order valence-corrected chi connectivity index (χ4v) is 2.83. The molecule has 1 aliphatic heterocycles. The molecule has 1 saturated heterocycles. The summed E-state index contributed by atoms with van der Waals surface area (Å²) in [6, 6.07) is 0. The summed E-state index contributed by atoms with van der Waals surface area (Å²) in [7, 11) is 4.56. The average Bonchev–Trinajstić information content (AvgIpc) is 2.48. The van der Waals surface area contributed by atoms with Gasteiger partial charge in [-0.05, 0) is 26.9 Å². The first-order valence-corrected chi connectivity index (χ1v) is 5.13. The van der Waals surface area contributed by atoms with Crippen LogP contribution >= 0.6 is 0 Å². The fraction of sp³-hybridized carbons (Fsp3) is 1.00. The van der Waals surface area contributed by atoms with Crippen molar-refractivity contribution < 1.29 is 0 Å². The Morgan fingerprint density at radius 1 is 1.00 bits per heavy atom. The minimum absolute atomic E-state index is 0.562. The van der Waals surface area contributed by atoms with Gasteiger partial charge in [0.15, 0.2) is 0 Å². The summed E-state index contributed by atoms with van der Waals surface area (Å²) in [5, 5.41) is 0. The van der Waals surface area contributed by atoms with Gasteiger partial charge in [0.1, 0.15) is 0 Å². The van der Waals surface area contributed by atoms with Gasteiger partial charge in [-0.15, -0.1) is 0 Å². The highest BCUT2D eigenvalue weighted by Gasteiger charge is 2.40. The van der Waals surface area contributed by atoms with E-state index in [0.29, 0.717) is 5.54 Å². The van der Waals surface area contributed by atoms with E-state index in [9.17, 15) is 0 Å². The Bertz CT molecular complexity index is 161. The molecule has 0 bridgehead atoms. The third-order valence-electron chi connectivity index (χ3n) is 3.73. The summed E-state index contributed by atoms with van der Waals surface area (Å²) >= 11 is 0. The van der Waals surface area contributed by atoms with E-state index in [4.69, 9.17) is 0 Å². The molecule has 0 unspecified atom stereocenters. The zero-order valence-electron chi connectivity index (χ0n) is 8.34. The molecule has 0 atom stereocenters. The van der Waals surface area contributed by atoms with Gasteiger partial charge in [-0.25, -0.2) is 0 Å². The van der Waals surface area contributed by atoms with Crippen LogP contribution in [0.1, 0.15) is 25.7 Å². The van der Waals surface area contributed by atoms with Crippen LogP contribution in [0.4, 0.5) is 0 Å². The maximum absolute atomic E-state index is 2.60. The van der Waals surface area contributed by atoms with Crippen molar-refractivity contribution in [1.82, 2.24) is 9.80 Å². The molecule has 2 heteroatoms. The van der Waals surface area contributed by atoms with Crippen LogP contribution in [0.3, 0.4) is 0 Å². The molecule has 70 valence electrons. The molecule has 0 radical (unpaired) electrons. The summed E-state index contributed by atoms with van der Waals surface area (Å²) in [6.45, 7) is 3.80. The predicted molar refractivity (Wildman–Crippen MR) is 51.3 cm³/mol. The predicted octanol–water partition coefficient (Wildman–Crippen LogP) is 1.18. The number of hydrogen-bond acceptors (Lipinski definition) is 2. The van der Waals surface area contributed by atoms with Gasteiger partial charge in [-0.1, -0.05) is 12.8 Å². The van der Waals surface area contributed by atoms with Crippen molar-refractivity contribution in [2.24, 2.45) is 0 Å². The van der Waals surface area contributed by atoms with Crippen molar-refractivity contribution in [3.05, 3.63) is 0 Å². The van der Waals surface area contributed by atoms with Crippen LogP contribution in [0.25, 0.3) is 0 Å². The Balaban J connectivity index is 2.09. The van der Waals surface area contributed by atoms with Crippen LogP contribution in [-0.4, -0.2) is 49.1 Å². The van der Waals surface area contributed by atoms with Gasteiger partial charge in [-0.3, -0.25) is 4.90 Å². The van der Waals surface area contributed by atoms with E-state index in [1.165, 1.54) is 45.3 Å². The third-order valence-corrected chi connectivity index (χ3v) is 3.73.